The number of hydrogen-bond acceptors (Lipinski definition) is 5. The molecule has 0 aromatic heterocycles. The number of nitrogens with zero attached hydrogens (tertiary/aromatic N) is 1. The number of benzene rings is 1. The Kier molecular flexibility index (Phi) is 4.02. The zero-order valence-electron chi connectivity index (χ0n) is 13.6. The van der Waals surface area contributed by atoms with Gasteiger partial charge in [-0.15, -0.1) is 0 Å². The van der Waals surface area contributed by atoms with Crippen LogP contribution in [0.25, 0.3) is 0 Å². The molecule has 1 aromatic carbocycles. The zero-order valence-corrected chi connectivity index (χ0v) is 13.6. The first-order valence-electron chi connectivity index (χ1n) is 8.62. The number of ether oxygens (including phenoxy) is 2. The first-order chi connectivity index (χ1) is 11.7. The van der Waals surface area contributed by atoms with Crippen molar-refractivity contribution < 1.29 is 19.1 Å². The second-order valence-electron chi connectivity index (χ2n) is 6.69. The SMILES string of the molecule is O=C1CC[C@H](c2ccc(N3CCC4(CC3)OCCO4)cc2)C(=O)N1. The van der Waals surface area contributed by atoms with Gasteiger partial charge in [0.2, 0.25) is 11.8 Å². The summed E-state index contributed by atoms with van der Waals surface area (Å²) in [7, 11) is 0. The van der Waals surface area contributed by atoms with Crippen molar-refractivity contribution in [3.8, 4) is 0 Å². The minimum atomic E-state index is -0.358. The number of piperidine rings is 2. The van der Waals surface area contributed by atoms with Crippen molar-refractivity contribution in [3.63, 3.8) is 0 Å². The molecule has 0 bridgehead atoms. The van der Waals surface area contributed by atoms with Crippen LogP contribution in [0.1, 0.15) is 37.2 Å². The maximum Gasteiger partial charge on any atom is 0.234 e. The molecule has 1 atom stereocenters. The van der Waals surface area contributed by atoms with Gasteiger partial charge >= 0.3 is 0 Å². The van der Waals surface area contributed by atoms with Gasteiger partial charge in [0.05, 0.1) is 19.1 Å². The predicted molar refractivity (Wildman–Crippen MR) is 87.6 cm³/mol. The van der Waals surface area contributed by atoms with Crippen molar-refractivity contribution in [3.05, 3.63) is 29.8 Å². The maximum atomic E-state index is 12.0. The first kappa shape index (κ1) is 15.6. The van der Waals surface area contributed by atoms with E-state index in [0.717, 1.165) is 37.2 Å². The van der Waals surface area contributed by atoms with Gasteiger partial charge < -0.3 is 14.4 Å². The van der Waals surface area contributed by atoms with Gasteiger partial charge in [-0.2, -0.15) is 0 Å². The molecular formula is C18H22N2O4. The van der Waals surface area contributed by atoms with Gasteiger partial charge in [0, 0.05) is 38.0 Å². The third-order valence-electron chi connectivity index (χ3n) is 5.24. The lowest BCUT2D eigenvalue weighted by atomic mass is 9.90. The highest BCUT2D eigenvalue weighted by atomic mass is 16.7. The van der Waals surface area contributed by atoms with Crippen LogP contribution in [0.3, 0.4) is 0 Å². The molecule has 3 aliphatic rings. The highest BCUT2D eigenvalue weighted by Gasteiger charge is 2.39. The van der Waals surface area contributed by atoms with Crippen molar-refractivity contribution in [2.45, 2.75) is 37.4 Å². The number of amides is 2. The summed E-state index contributed by atoms with van der Waals surface area (Å²) in [4.78, 5) is 25.5. The van der Waals surface area contributed by atoms with E-state index in [1.54, 1.807) is 0 Å². The Balaban J connectivity index is 1.41. The van der Waals surface area contributed by atoms with Crippen molar-refractivity contribution in [1.29, 1.82) is 0 Å². The number of nitrogens with one attached hydrogen (secondary N) is 1. The Morgan fingerprint density at radius 3 is 2.33 bits per heavy atom. The highest BCUT2D eigenvalue weighted by Crippen LogP contribution is 2.34. The largest absolute Gasteiger partial charge is 0.371 e. The van der Waals surface area contributed by atoms with E-state index >= 15 is 0 Å². The van der Waals surface area contributed by atoms with E-state index in [-0.39, 0.29) is 23.5 Å². The average Bonchev–Trinajstić information content (AvgIpc) is 3.04. The standard InChI is InChI=1S/C18H22N2O4/c21-16-6-5-15(17(22)19-16)13-1-3-14(4-2-13)20-9-7-18(8-10-20)23-11-12-24-18/h1-4,15H,5-12H2,(H,19,21,22)/t15-/m1/s1. The Labute approximate surface area is 141 Å². The summed E-state index contributed by atoms with van der Waals surface area (Å²) in [5, 5.41) is 2.42. The number of hydrogen-bond donors (Lipinski definition) is 1. The molecule has 6 heteroatoms. The normalized spacial score (nSPS) is 26.7. The average molecular weight is 330 g/mol. The number of carbonyl (C=O) groups is 2. The van der Waals surface area contributed by atoms with Crippen LogP contribution in [0.2, 0.25) is 0 Å². The molecular weight excluding hydrogens is 308 g/mol. The summed E-state index contributed by atoms with van der Waals surface area (Å²) in [6, 6.07) is 8.13. The number of rotatable bonds is 2. The molecule has 3 aliphatic heterocycles. The van der Waals surface area contributed by atoms with Gasteiger partial charge in [0.1, 0.15) is 0 Å². The maximum absolute atomic E-state index is 12.0. The molecule has 0 aliphatic carbocycles. The van der Waals surface area contributed by atoms with Gasteiger partial charge in [-0.25, -0.2) is 0 Å². The van der Waals surface area contributed by atoms with Gasteiger partial charge in [0.15, 0.2) is 5.79 Å². The van der Waals surface area contributed by atoms with E-state index in [1.807, 2.05) is 12.1 Å². The summed E-state index contributed by atoms with van der Waals surface area (Å²) in [5.74, 6) is -0.939. The fourth-order valence-electron chi connectivity index (χ4n) is 3.82. The van der Waals surface area contributed by atoms with Gasteiger partial charge in [-0.1, -0.05) is 12.1 Å². The lowest BCUT2D eigenvalue weighted by molar-refractivity contribution is -0.169. The molecule has 1 spiro atoms. The molecule has 1 N–H and O–H groups in total. The van der Waals surface area contributed by atoms with Crippen molar-refractivity contribution in [2.75, 3.05) is 31.2 Å². The first-order valence-corrected chi connectivity index (χ1v) is 8.62. The van der Waals surface area contributed by atoms with E-state index in [1.165, 1.54) is 0 Å². The zero-order chi connectivity index (χ0) is 16.6. The Morgan fingerprint density at radius 1 is 1.04 bits per heavy atom. The predicted octanol–water partition coefficient (Wildman–Crippen LogP) is 1.55. The number of carbonyl (C=O) groups excluding carboxylic acids is 2. The second-order valence-corrected chi connectivity index (χ2v) is 6.69. The van der Waals surface area contributed by atoms with Crippen LogP contribution >= 0.6 is 0 Å². The molecule has 0 unspecified atom stereocenters. The smallest absolute Gasteiger partial charge is 0.234 e. The third-order valence-corrected chi connectivity index (χ3v) is 5.24. The minimum absolute atomic E-state index is 0.175. The van der Waals surface area contributed by atoms with Crippen LogP contribution in [-0.4, -0.2) is 43.9 Å². The lowest BCUT2D eigenvalue weighted by Crippen LogP contribution is -2.45. The summed E-state index contributed by atoms with van der Waals surface area (Å²) < 4.78 is 11.5. The van der Waals surface area contributed by atoms with E-state index in [9.17, 15) is 9.59 Å². The van der Waals surface area contributed by atoms with E-state index < -0.39 is 0 Å². The van der Waals surface area contributed by atoms with E-state index in [2.05, 4.69) is 22.3 Å². The fourth-order valence-corrected chi connectivity index (χ4v) is 3.82. The van der Waals surface area contributed by atoms with Gasteiger partial charge in [0.25, 0.3) is 0 Å². The lowest BCUT2D eigenvalue weighted by Gasteiger charge is -2.38. The van der Waals surface area contributed by atoms with Crippen LogP contribution < -0.4 is 10.2 Å². The molecule has 4 rings (SSSR count). The molecule has 2 amide bonds. The van der Waals surface area contributed by atoms with Crippen LogP contribution in [0.15, 0.2) is 24.3 Å². The third kappa shape index (κ3) is 2.91. The van der Waals surface area contributed by atoms with Crippen LogP contribution in [0.5, 0.6) is 0 Å². The summed E-state index contributed by atoms with van der Waals surface area (Å²) in [6.45, 7) is 3.19. The van der Waals surface area contributed by atoms with Crippen molar-refractivity contribution in [1.82, 2.24) is 5.32 Å². The van der Waals surface area contributed by atoms with Crippen molar-refractivity contribution in [2.24, 2.45) is 0 Å². The Bertz CT molecular complexity index is 627. The van der Waals surface area contributed by atoms with Crippen LogP contribution in [-0.2, 0) is 19.1 Å². The highest BCUT2D eigenvalue weighted by molar-refractivity contribution is 6.00. The summed E-state index contributed by atoms with van der Waals surface area (Å²) >= 11 is 0. The summed E-state index contributed by atoms with van der Waals surface area (Å²) in [6.07, 6.45) is 2.75. The van der Waals surface area contributed by atoms with Crippen LogP contribution in [0.4, 0.5) is 5.69 Å². The number of imide groups is 1. The Morgan fingerprint density at radius 2 is 1.71 bits per heavy atom. The fraction of sp³-hybridized carbons (Fsp3) is 0.556. The van der Waals surface area contributed by atoms with Crippen LogP contribution in [0, 0.1) is 0 Å². The molecule has 3 saturated heterocycles. The molecule has 3 heterocycles. The Hall–Kier alpha value is -1.92. The van der Waals surface area contributed by atoms with Gasteiger partial charge in [-0.05, 0) is 24.1 Å². The molecule has 0 radical (unpaired) electrons. The minimum Gasteiger partial charge on any atom is -0.371 e. The molecule has 128 valence electrons. The topological polar surface area (TPSA) is 67.9 Å². The van der Waals surface area contributed by atoms with E-state index in [0.29, 0.717) is 26.1 Å². The van der Waals surface area contributed by atoms with E-state index in [4.69, 9.17) is 9.47 Å². The molecule has 1 aromatic rings. The monoisotopic (exact) mass is 330 g/mol. The second kappa shape index (κ2) is 6.18. The molecule has 6 nitrogen and oxygen atoms in total. The quantitative estimate of drug-likeness (QED) is 0.834. The molecule has 3 fully saturated rings. The van der Waals surface area contributed by atoms with Gasteiger partial charge in [-0.3, -0.25) is 14.9 Å². The van der Waals surface area contributed by atoms with Crippen molar-refractivity contribution >= 4 is 17.5 Å². The number of anilines is 1. The molecule has 24 heavy (non-hydrogen) atoms. The summed E-state index contributed by atoms with van der Waals surface area (Å²) in [5.41, 5.74) is 2.12. The molecule has 0 saturated carbocycles.